The maximum absolute atomic E-state index is 12.5. The van der Waals surface area contributed by atoms with Crippen molar-refractivity contribution in [2.75, 3.05) is 13.6 Å². The lowest BCUT2D eigenvalue weighted by Gasteiger charge is -2.22. The maximum atomic E-state index is 12.5. The average molecular weight is 422 g/mol. The molecule has 0 bridgehead atoms. The van der Waals surface area contributed by atoms with E-state index in [0.717, 1.165) is 18.0 Å². The molecule has 1 heterocycles. The molecule has 28 heavy (non-hydrogen) atoms. The molecule has 1 aromatic rings. The summed E-state index contributed by atoms with van der Waals surface area (Å²) >= 11 is 7.62. The number of carbonyl (C=O) groups is 2. The summed E-state index contributed by atoms with van der Waals surface area (Å²) in [6.07, 6.45) is 9.28. The van der Waals surface area contributed by atoms with E-state index >= 15 is 0 Å². The number of thioether (sulfide) groups is 1. The van der Waals surface area contributed by atoms with Crippen LogP contribution in [0.3, 0.4) is 0 Å². The lowest BCUT2D eigenvalue weighted by Crippen LogP contribution is -2.33. The topological polar surface area (TPSA) is 61.8 Å². The summed E-state index contributed by atoms with van der Waals surface area (Å²) in [5.41, 5.74) is 0.486. The molecule has 0 spiro atoms. The van der Waals surface area contributed by atoms with Gasteiger partial charge in [-0.1, -0.05) is 67.6 Å². The van der Waals surface area contributed by atoms with Crippen LogP contribution in [0.1, 0.15) is 61.7 Å². The third-order valence-corrected chi connectivity index (χ3v) is 6.84. The first kappa shape index (κ1) is 21.2. The Balaban J connectivity index is 1.47. The lowest BCUT2D eigenvalue weighted by atomic mass is 9.97. The van der Waals surface area contributed by atoms with Gasteiger partial charge in [0.2, 0.25) is 0 Å². The minimum absolute atomic E-state index is 0.100. The van der Waals surface area contributed by atoms with E-state index in [2.05, 4.69) is 10.3 Å². The van der Waals surface area contributed by atoms with Crippen molar-refractivity contribution in [1.82, 2.24) is 10.2 Å². The first-order chi connectivity index (χ1) is 13.5. The Labute approximate surface area is 176 Å². The van der Waals surface area contributed by atoms with Gasteiger partial charge in [0.1, 0.15) is 0 Å². The predicted molar refractivity (Wildman–Crippen MR) is 116 cm³/mol. The van der Waals surface area contributed by atoms with E-state index in [4.69, 9.17) is 11.6 Å². The molecular formula is C21H28ClN3O2S. The summed E-state index contributed by atoms with van der Waals surface area (Å²) in [7, 11) is 1.74. The first-order valence-corrected chi connectivity index (χ1v) is 11.4. The van der Waals surface area contributed by atoms with Crippen LogP contribution in [0.2, 0.25) is 5.02 Å². The van der Waals surface area contributed by atoms with Crippen LogP contribution >= 0.6 is 23.4 Å². The van der Waals surface area contributed by atoms with Gasteiger partial charge >= 0.3 is 0 Å². The molecular weight excluding hydrogens is 394 g/mol. The van der Waals surface area contributed by atoms with E-state index in [9.17, 15) is 9.59 Å². The van der Waals surface area contributed by atoms with Crippen LogP contribution in [-0.4, -0.2) is 46.8 Å². The van der Waals surface area contributed by atoms with Crippen LogP contribution in [-0.2, 0) is 4.79 Å². The van der Waals surface area contributed by atoms with Crippen LogP contribution in [0, 0.1) is 0 Å². The molecule has 0 radical (unpaired) electrons. The summed E-state index contributed by atoms with van der Waals surface area (Å²) in [6, 6.07) is 7.44. The second-order valence-corrected chi connectivity index (χ2v) is 9.14. The molecule has 1 aromatic carbocycles. The van der Waals surface area contributed by atoms with Gasteiger partial charge in [-0.25, -0.2) is 0 Å². The van der Waals surface area contributed by atoms with Crippen molar-refractivity contribution in [1.29, 1.82) is 0 Å². The van der Waals surface area contributed by atoms with Crippen molar-refractivity contribution in [2.45, 2.75) is 62.7 Å². The fourth-order valence-electron chi connectivity index (χ4n) is 3.66. The van der Waals surface area contributed by atoms with Crippen molar-refractivity contribution in [2.24, 2.45) is 4.99 Å². The molecule has 5 nitrogen and oxygen atoms in total. The summed E-state index contributed by atoms with van der Waals surface area (Å²) in [4.78, 5) is 30.7. The van der Waals surface area contributed by atoms with Crippen molar-refractivity contribution >= 4 is 40.3 Å². The van der Waals surface area contributed by atoms with Gasteiger partial charge < -0.3 is 10.2 Å². The number of hydrogen-bond donors (Lipinski definition) is 1. The number of carbonyl (C=O) groups excluding carboxylic acids is 2. The highest BCUT2D eigenvalue weighted by molar-refractivity contribution is 8.15. The van der Waals surface area contributed by atoms with Gasteiger partial charge in [-0.15, -0.1) is 0 Å². The molecule has 1 N–H and O–H groups in total. The monoisotopic (exact) mass is 421 g/mol. The Kier molecular flexibility index (Phi) is 7.80. The van der Waals surface area contributed by atoms with Gasteiger partial charge in [-0.2, -0.15) is 4.99 Å². The Morgan fingerprint density at radius 3 is 2.61 bits per heavy atom. The van der Waals surface area contributed by atoms with Crippen molar-refractivity contribution in [3.63, 3.8) is 0 Å². The van der Waals surface area contributed by atoms with Crippen LogP contribution in [0.15, 0.2) is 29.3 Å². The fourth-order valence-corrected chi connectivity index (χ4v) is 4.90. The fraction of sp³-hybridized carbons (Fsp3) is 0.571. The van der Waals surface area contributed by atoms with Gasteiger partial charge in [0.15, 0.2) is 5.17 Å². The highest BCUT2D eigenvalue weighted by Crippen LogP contribution is 2.26. The van der Waals surface area contributed by atoms with Crippen LogP contribution in [0.5, 0.6) is 0 Å². The van der Waals surface area contributed by atoms with Crippen molar-refractivity contribution < 1.29 is 9.59 Å². The number of rotatable bonds is 5. The minimum Gasteiger partial charge on any atom is -0.362 e. The Morgan fingerprint density at radius 2 is 1.89 bits per heavy atom. The molecule has 0 aromatic heterocycles. The summed E-state index contributed by atoms with van der Waals surface area (Å²) in [6.45, 7) is 0.486. The Bertz CT molecular complexity index is 732. The van der Waals surface area contributed by atoms with E-state index in [0.29, 0.717) is 29.6 Å². The van der Waals surface area contributed by atoms with Gasteiger partial charge in [-0.3, -0.25) is 9.59 Å². The summed E-state index contributed by atoms with van der Waals surface area (Å²) in [5.74, 6) is -0.230. The molecule has 1 saturated carbocycles. The molecule has 152 valence electrons. The largest absolute Gasteiger partial charge is 0.362 e. The quantitative estimate of drug-likeness (QED) is 0.760. The normalized spacial score (nSPS) is 21.0. The molecule has 3 rings (SSSR count). The second-order valence-electron chi connectivity index (χ2n) is 7.54. The van der Waals surface area contributed by atoms with Gasteiger partial charge in [0.25, 0.3) is 11.8 Å². The van der Waals surface area contributed by atoms with Crippen LogP contribution in [0.25, 0.3) is 0 Å². The van der Waals surface area contributed by atoms with E-state index in [1.165, 1.54) is 43.9 Å². The van der Waals surface area contributed by atoms with E-state index < -0.39 is 0 Å². The van der Waals surface area contributed by atoms with E-state index in [1.807, 2.05) is 0 Å². The van der Waals surface area contributed by atoms with E-state index in [-0.39, 0.29) is 17.1 Å². The van der Waals surface area contributed by atoms with Crippen LogP contribution < -0.4 is 5.32 Å². The smallest absolute Gasteiger partial charge is 0.261 e. The maximum Gasteiger partial charge on any atom is 0.261 e. The number of aliphatic imine (C=N–C) groups is 1. The SMILES string of the molecule is CN(CCC1SC(NC2CCCCCCC2)=NC1=O)C(=O)c1ccccc1Cl. The predicted octanol–water partition coefficient (Wildman–Crippen LogP) is 4.50. The number of nitrogens with one attached hydrogen (secondary N) is 1. The first-order valence-electron chi connectivity index (χ1n) is 10.1. The lowest BCUT2D eigenvalue weighted by molar-refractivity contribution is -0.117. The van der Waals surface area contributed by atoms with Crippen molar-refractivity contribution in [3.05, 3.63) is 34.9 Å². The summed E-state index contributed by atoms with van der Waals surface area (Å²) in [5, 5.41) is 4.45. The molecule has 1 fully saturated rings. The molecule has 1 atom stereocenters. The van der Waals surface area contributed by atoms with E-state index in [1.54, 1.807) is 36.2 Å². The highest BCUT2D eigenvalue weighted by Gasteiger charge is 2.30. The van der Waals surface area contributed by atoms with Gasteiger partial charge in [-0.05, 0) is 31.4 Å². The number of nitrogens with zero attached hydrogens (tertiary/aromatic N) is 2. The van der Waals surface area contributed by atoms with Gasteiger partial charge in [0, 0.05) is 19.6 Å². The molecule has 1 unspecified atom stereocenters. The third-order valence-electron chi connectivity index (χ3n) is 5.35. The molecule has 7 heteroatoms. The zero-order valence-electron chi connectivity index (χ0n) is 16.3. The highest BCUT2D eigenvalue weighted by atomic mass is 35.5. The Morgan fingerprint density at radius 1 is 1.21 bits per heavy atom. The number of amides is 2. The number of hydrogen-bond acceptors (Lipinski definition) is 4. The zero-order chi connectivity index (χ0) is 19.9. The van der Waals surface area contributed by atoms with Crippen LogP contribution in [0.4, 0.5) is 0 Å². The van der Waals surface area contributed by atoms with Crippen molar-refractivity contribution in [3.8, 4) is 0 Å². The molecule has 2 aliphatic rings. The number of amidine groups is 1. The molecule has 1 aliphatic carbocycles. The number of halogens is 1. The Hall–Kier alpha value is -1.53. The standard InChI is InChI=1S/C21H28ClN3O2S/c1-25(20(27)16-11-7-8-12-17(16)22)14-13-18-19(26)24-21(28-18)23-15-9-5-3-2-4-6-10-15/h7-8,11-12,15,18H,2-6,9-10,13-14H2,1H3,(H,23,24,26). The summed E-state index contributed by atoms with van der Waals surface area (Å²) < 4.78 is 0. The second kappa shape index (κ2) is 10.3. The zero-order valence-corrected chi connectivity index (χ0v) is 17.9. The molecule has 2 amide bonds. The minimum atomic E-state index is -0.224. The third kappa shape index (κ3) is 5.74. The average Bonchev–Trinajstić information content (AvgIpc) is 3.01. The number of benzene rings is 1. The molecule has 0 saturated heterocycles. The van der Waals surface area contributed by atoms with Gasteiger partial charge in [0.05, 0.1) is 15.8 Å². The molecule has 1 aliphatic heterocycles.